The molecule has 39 heavy (non-hydrogen) atoms. The summed E-state index contributed by atoms with van der Waals surface area (Å²) in [7, 11) is 1.69. The van der Waals surface area contributed by atoms with E-state index in [2.05, 4.69) is 60.7 Å². The van der Waals surface area contributed by atoms with Crippen LogP contribution in [0, 0.1) is 0 Å². The van der Waals surface area contributed by atoms with E-state index in [0.29, 0.717) is 26.2 Å². The fourth-order valence-corrected chi connectivity index (χ4v) is 5.95. The van der Waals surface area contributed by atoms with Crippen molar-refractivity contribution in [2.75, 3.05) is 26.9 Å². The molecule has 0 N–H and O–H groups in total. The van der Waals surface area contributed by atoms with Crippen LogP contribution < -0.4 is 0 Å². The molecule has 4 aromatic rings. The van der Waals surface area contributed by atoms with Crippen molar-refractivity contribution in [3.8, 4) is 11.1 Å². The van der Waals surface area contributed by atoms with E-state index in [1.807, 2.05) is 48.5 Å². The molecule has 6 rings (SSSR count). The maximum absolute atomic E-state index is 13.5. The van der Waals surface area contributed by atoms with Gasteiger partial charge in [-0.3, -0.25) is 0 Å². The lowest BCUT2D eigenvalue weighted by molar-refractivity contribution is 0.0309. The lowest BCUT2D eigenvalue weighted by Crippen LogP contribution is -2.39. The van der Waals surface area contributed by atoms with Crippen molar-refractivity contribution >= 4 is 6.09 Å². The van der Waals surface area contributed by atoms with Gasteiger partial charge >= 0.3 is 6.09 Å². The summed E-state index contributed by atoms with van der Waals surface area (Å²) >= 11 is 0. The molecule has 1 aliphatic carbocycles. The minimum absolute atomic E-state index is 0.0254. The monoisotopic (exact) mass is 519 g/mol. The predicted octanol–water partition coefficient (Wildman–Crippen LogP) is 6.83. The Kier molecular flexibility index (Phi) is 7.44. The average molecular weight is 520 g/mol. The lowest BCUT2D eigenvalue weighted by atomic mass is 9.98. The zero-order valence-electron chi connectivity index (χ0n) is 22.1. The number of rotatable bonds is 8. The largest absolute Gasteiger partial charge is 0.448 e. The molecule has 0 aromatic heterocycles. The molecule has 0 bridgehead atoms. The smallest absolute Gasteiger partial charge is 0.410 e. The highest BCUT2D eigenvalue weighted by atomic mass is 16.6. The van der Waals surface area contributed by atoms with Gasteiger partial charge in [-0.1, -0.05) is 109 Å². The number of ether oxygens (including phenoxy) is 3. The molecule has 1 heterocycles. The van der Waals surface area contributed by atoms with E-state index in [9.17, 15) is 4.79 Å². The van der Waals surface area contributed by atoms with Crippen LogP contribution in [0.15, 0.2) is 109 Å². The SMILES string of the molecule is CO[C@@H]1C[C@@H](COC(c2ccccc2)c2ccccc2)N(C(=O)OCC2c3ccccc3-c3ccccc32)C1. The fourth-order valence-electron chi connectivity index (χ4n) is 5.95. The van der Waals surface area contributed by atoms with Gasteiger partial charge in [-0.15, -0.1) is 0 Å². The number of nitrogens with zero attached hydrogens (tertiary/aromatic N) is 1. The summed E-state index contributed by atoms with van der Waals surface area (Å²) in [5, 5.41) is 0. The zero-order chi connectivity index (χ0) is 26.6. The number of hydrogen-bond acceptors (Lipinski definition) is 4. The second-order valence-electron chi connectivity index (χ2n) is 10.2. The number of methoxy groups -OCH3 is 1. The van der Waals surface area contributed by atoms with Crippen molar-refractivity contribution in [3.63, 3.8) is 0 Å². The van der Waals surface area contributed by atoms with E-state index in [1.54, 1.807) is 12.0 Å². The van der Waals surface area contributed by atoms with Gasteiger partial charge in [0.2, 0.25) is 0 Å². The first-order valence-electron chi connectivity index (χ1n) is 13.6. The molecular weight excluding hydrogens is 486 g/mol. The Balaban J connectivity index is 1.16. The van der Waals surface area contributed by atoms with Crippen LogP contribution in [0.25, 0.3) is 11.1 Å². The molecular formula is C34H33NO4. The molecule has 0 spiro atoms. The molecule has 1 aliphatic heterocycles. The van der Waals surface area contributed by atoms with Crippen molar-refractivity contribution in [2.45, 2.75) is 30.6 Å². The maximum atomic E-state index is 13.5. The Morgan fingerprint density at radius 1 is 0.769 bits per heavy atom. The fraction of sp³-hybridized carbons (Fsp3) is 0.265. The van der Waals surface area contributed by atoms with Gasteiger partial charge in [0.1, 0.15) is 12.7 Å². The molecule has 1 fully saturated rings. The number of benzene rings is 4. The van der Waals surface area contributed by atoms with Crippen LogP contribution >= 0.6 is 0 Å². The van der Waals surface area contributed by atoms with Crippen LogP contribution in [-0.2, 0) is 14.2 Å². The Morgan fingerprint density at radius 3 is 1.87 bits per heavy atom. The summed E-state index contributed by atoms with van der Waals surface area (Å²) in [6.45, 7) is 1.17. The first-order chi connectivity index (χ1) is 19.2. The van der Waals surface area contributed by atoms with Crippen molar-refractivity contribution < 1.29 is 19.0 Å². The number of carbonyl (C=O) groups excluding carboxylic acids is 1. The number of fused-ring (bicyclic) bond motifs is 3. The molecule has 2 atom stereocenters. The Bertz CT molecular complexity index is 1320. The average Bonchev–Trinajstić information content (AvgIpc) is 3.56. The van der Waals surface area contributed by atoms with Gasteiger partial charge in [0.15, 0.2) is 0 Å². The molecule has 0 saturated carbocycles. The quantitative estimate of drug-likeness (QED) is 0.256. The van der Waals surface area contributed by atoms with Crippen LogP contribution in [0.2, 0.25) is 0 Å². The summed E-state index contributed by atoms with van der Waals surface area (Å²) < 4.78 is 18.2. The molecule has 0 radical (unpaired) electrons. The van der Waals surface area contributed by atoms with E-state index >= 15 is 0 Å². The zero-order valence-corrected chi connectivity index (χ0v) is 22.1. The summed E-state index contributed by atoms with van der Waals surface area (Å²) in [6.07, 6.45) is 0.113. The highest BCUT2D eigenvalue weighted by Crippen LogP contribution is 2.44. The van der Waals surface area contributed by atoms with Gasteiger partial charge < -0.3 is 19.1 Å². The lowest BCUT2D eigenvalue weighted by Gasteiger charge is -2.27. The number of likely N-dealkylation sites (tertiary alicyclic amines) is 1. The normalized spacial score (nSPS) is 18.3. The van der Waals surface area contributed by atoms with Crippen molar-refractivity contribution in [1.82, 2.24) is 4.90 Å². The second-order valence-corrected chi connectivity index (χ2v) is 10.2. The minimum atomic E-state index is -0.319. The Hall–Kier alpha value is -3.93. The summed E-state index contributed by atoms with van der Waals surface area (Å²) in [5.41, 5.74) is 7.01. The van der Waals surface area contributed by atoms with Gasteiger partial charge in [0, 0.05) is 13.0 Å². The molecule has 4 aromatic carbocycles. The summed E-state index contributed by atoms with van der Waals surface area (Å²) in [5.74, 6) is 0.0254. The van der Waals surface area contributed by atoms with Crippen molar-refractivity contribution in [2.24, 2.45) is 0 Å². The summed E-state index contributed by atoms with van der Waals surface area (Å²) in [6, 6.07) is 37.0. The standard InChI is InChI=1S/C34H33NO4/c1-37-27-20-26(22-38-33(24-12-4-2-5-13-24)25-14-6-3-7-15-25)35(21-27)34(36)39-23-32-30-18-10-8-16-28(30)29-17-9-11-19-31(29)32/h2-19,26-27,32-33H,20-23H2,1H3/t26-,27+/m0/s1. The van der Waals surface area contributed by atoms with Gasteiger partial charge in [0.05, 0.1) is 25.3 Å². The molecule has 0 unspecified atom stereocenters. The van der Waals surface area contributed by atoms with Gasteiger partial charge in [-0.05, 0) is 39.8 Å². The van der Waals surface area contributed by atoms with Crippen LogP contribution in [0.5, 0.6) is 0 Å². The van der Waals surface area contributed by atoms with E-state index in [-0.39, 0.29) is 30.3 Å². The Labute approximate surface area is 230 Å². The summed E-state index contributed by atoms with van der Waals surface area (Å²) in [4.78, 5) is 15.3. The third kappa shape index (κ3) is 5.20. The topological polar surface area (TPSA) is 48.0 Å². The number of amides is 1. The van der Waals surface area contributed by atoms with Crippen LogP contribution in [0.1, 0.15) is 40.7 Å². The van der Waals surface area contributed by atoms with Crippen LogP contribution in [-0.4, -0.2) is 50.0 Å². The molecule has 1 saturated heterocycles. The molecule has 2 aliphatic rings. The third-order valence-electron chi connectivity index (χ3n) is 7.94. The molecule has 198 valence electrons. The van der Waals surface area contributed by atoms with Crippen molar-refractivity contribution in [1.29, 1.82) is 0 Å². The predicted molar refractivity (Wildman–Crippen MR) is 152 cm³/mol. The molecule has 5 heteroatoms. The van der Waals surface area contributed by atoms with Crippen molar-refractivity contribution in [3.05, 3.63) is 131 Å². The highest BCUT2D eigenvalue weighted by Gasteiger charge is 2.38. The van der Waals surface area contributed by atoms with E-state index < -0.39 is 0 Å². The number of carbonyl (C=O) groups is 1. The van der Waals surface area contributed by atoms with E-state index in [4.69, 9.17) is 14.2 Å². The van der Waals surface area contributed by atoms with Gasteiger partial charge in [0.25, 0.3) is 0 Å². The van der Waals surface area contributed by atoms with Gasteiger partial charge in [-0.2, -0.15) is 0 Å². The highest BCUT2D eigenvalue weighted by molar-refractivity contribution is 5.79. The molecule has 5 nitrogen and oxygen atoms in total. The number of hydrogen-bond donors (Lipinski definition) is 0. The first-order valence-corrected chi connectivity index (χ1v) is 13.6. The Morgan fingerprint density at radius 2 is 1.31 bits per heavy atom. The second kappa shape index (κ2) is 11.4. The maximum Gasteiger partial charge on any atom is 0.410 e. The minimum Gasteiger partial charge on any atom is -0.448 e. The van der Waals surface area contributed by atoms with E-state index in [0.717, 1.165) is 11.1 Å². The van der Waals surface area contributed by atoms with Crippen LogP contribution in [0.3, 0.4) is 0 Å². The van der Waals surface area contributed by atoms with Gasteiger partial charge in [-0.25, -0.2) is 4.79 Å². The van der Waals surface area contributed by atoms with E-state index in [1.165, 1.54) is 22.3 Å². The molecule has 1 amide bonds. The third-order valence-corrected chi connectivity index (χ3v) is 7.94. The van der Waals surface area contributed by atoms with Crippen LogP contribution in [0.4, 0.5) is 4.79 Å². The first kappa shape index (κ1) is 25.4.